The molecule has 0 spiro atoms. The maximum atomic E-state index is 12.9. The maximum Gasteiger partial charge on any atom is 0.351 e. The summed E-state index contributed by atoms with van der Waals surface area (Å²) in [4.78, 5) is 81.2. The Balaban J connectivity index is 0.000000598. The molecule has 4 heterocycles. The minimum absolute atomic E-state index is 0.109. The number of methoxy groups -OCH3 is 2. The third-order valence-corrected chi connectivity index (χ3v) is 11.4. The van der Waals surface area contributed by atoms with E-state index in [1.54, 1.807) is 44.6 Å². The molecule has 0 fully saturated rings. The van der Waals surface area contributed by atoms with E-state index in [0.29, 0.717) is 48.7 Å². The Kier molecular flexibility index (Phi) is 32.6. The van der Waals surface area contributed by atoms with E-state index in [0.717, 1.165) is 43.8 Å². The molecule has 0 bridgehead atoms. The number of hydrogen-bond donors (Lipinski definition) is 3. The van der Waals surface area contributed by atoms with E-state index in [1.165, 1.54) is 71.3 Å². The topological polar surface area (TPSA) is 251 Å². The molecule has 16 nitrogen and oxygen atoms in total. The molecular formula is C57H78O16. The van der Waals surface area contributed by atoms with Crippen LogP contribution in [0.5, 0.6) is 11.5 Å². The number of aryl methyl sites for hydroxylation is 2. The molecule has 4 aromatic rings. The second kappa shape index (κ2) is 37.0. The third-order valence-electron chi connectivity index (χ3n) is 11.4. The van der Waals surface area contributed by atoms with E-state index in [9.17, 15) is 43.8 Å². The van der Waals surface area contributed by atoms with Crippen LogP contribution in [0.2, 0.25) is 0 Å². The molecule has 0 saturated heterocycles. The smallest absolute Gasteiger partial charge is 0.351 e. The number of ether oxygens (including phenoxy) is 2. The first-order chi connectivity index (χ1) is 35.0. The van der Waals surface area contributed by atoms with E-state index in [2.05, 4.69) is 23.3 Å². The van der Waals surface area contributed by atoms with Gasteiger partial charge in [-0.3, -0.25) is 24.0 Å². The molecule has 2 unspecified atom stereocenters. The summed E-state index contributed by atoms with van der Waals surface area (Å²) in [5.41, 5.74) is 0.102. The first-order valence-corrected chi connectivity index (χ1v) is 25.0. The van der Waals surface area contributed by atoms with Crippen molar-refractivity contribution in [3.8, 4) is 11.5 Å². The fraction of sp³-hybridized carbons (Fsp3) is 0.491. The highest BCUT2D eigenvalue weighted by atomic mass is 16.5. The first kappa shape index (κ1) is 64.2. The first-order valence-electron chi connectivity index (χ1n) is 25.0. The van der Waals surface area contributed by atoms with E-state index < -0.39 is 28.6 Å². The van der Waals surface area contributed by atoms with Crippen molar-refractivity contribution in [3.05, 3.63) is 133 Å². The second-order valence-electron chi connectivity index (χ2n) is 17.2. The lowest BCUT2D eigenvalue weighted by molar-refractivity contribution is -0.140. The molecule has 0 radical (unpaired) electrons. The quantitative estimate of drug-likeness (QED) is 0.0119. The predicted octanol–water partition coefficient (Wildman–Crippen LogP) is 12.1. The van der Waals surface area contributed by atoms with Crippen molar-refractivity contribution in [2.75, 3.05) is 21.3 Å². The molecule has 0 aliphatic carbocycles. The van der Waals surface area contributed by atoms with Gasteiger partial charge in [0.15, 0.2) is 23.6 Å². The molecule has 402 valence electrons. The molecule has 0 aliphatic heterocycles. The van der Waals surface area contributed by atoms with Crippen LogP contribution in [0.25, 0.3) is 6.08 Å². The highest BCUT2D eigenvalue weighted by Gasteiger charge is 2.23. The number of aldehydes is 1. The van der Waals surface area contributed by atoms with Crippen LogP contribution >= 0.6 is 0 Å². The van der Waals surface area contributed by atoms with Crippen molar-refractivity contribution < 1.29 is 66.4 Å². The number of ketones is 2. The SMILES string of the molecule is CCC(=O)c1c(O)cc(C(C)CC/C=C/CC(=O)OC)oc1=O.CCCCCCc1coc(C=C(C)C(=O)c2c(O)cc(C(C)CC/C=C/CC(=O)OC)oc2=O)c1.CCCCCCc1coc(C=O)c1.CO. The minimum atomic E-state index is -0.873. The van der Waals surface area contributed by atoms with E-state index in [-0.39, 0.29) is 65.5 Å². The summed E-state index contributed by atoms with van der Waals surface area (Å²) in [6, 6.07) is 6.35. The number of aliphatic hydroxyl groups is 1. The van der Waals surface area contributed by atoms with Crippen molar-refractivity contribution in [1.29, 1.82) is 0 Å². The Morgan fingerprint density at radius 3 is 1.47 bits per heavy atom. The lowest BCUT2D eigenvalue weighted by Crippen LogP contribution is -2.16. The van der Waals surface area contributed by atoms with Gasteiger partial charge in [0, 0.05) is 43.1 Å². The molecule has 16 heteroatoms. The van der Waals surface area contributed by atoms with Crippen LogP contribution in [0.1, 0.15) is 209 Å². The van der Waals surface area contributed by atoms with Gasteiger partial charge in [0.25, 0.3) is 0 Å². The van der Waals surface area contributed by atoms with Crippen LogP contribution in [-0.4, -0.2) is 66.4 Å². The molecule has 4 aromatic heterocycles. The summed E-state index contributed by atoms with van der Waals surface area (Å²) < 4.78 is 30.2. The van der Waals surface area contributed by atoms with E-state index in [4.69, 9.17) is 22.8 Å². The Hall–Kier alpha value is -6.81. The standard InChI is InChI=1S/C28H36O7.C17H22O6.C11H16O2.CH4O/c1-5-6-7-10-13-21-16-22(34-18-21)15-20(3)27(31)26-23(29)17-24(35-28(26)32)19(2)12-9-8-11-14-25(30)33-4;1-4-12(18)16-13(19)10-14(23-17(16)21)11(2)8-6-5-7-9-15(20)22-3;1-2-3-4-5-6-10-7-11(8-12)13-9-10;1-2/h8,11,15-19,29H,5-7,9-10,12-14H2,1-4H3;5,7,10-11,19H,4,6,8-9H2,1-3H3;7-9H,2-6H2,1H3;2H,1H3/b11-8+,20-15?;7-5+;;. The van der Waals surface area contributed by atoms with Crippen LogP contribution in [0.4, 0.5) is 0 Å². The fourth-order valence-corrected chi connectivity index (χ4v) is 7.04. The van der Waals surface area contributed by atoms with Gasteiger partial charge in [0.05, 0.1) is 39.6 Å². The number of unbranched alkanes of at least 4 members (excludes halogenated alkanes) is 6. The van der Waals surface area contributed by atoms with Crippen molar-refractivity contribution in [3.63, 3.8) is 0 Å². The predicted molar refractivity (Wildman–Crippen MR) is 279 cm³/mol. The number of esters is 2. The van der Waals surface area contributed by atoms with Gasteiger partial charge in [-0.1, -0.05) is 97.4 Å². The Morgan fingerprint density at radius 2 is 1.07 bits per heavy atom. The van der Waals surface area contributed by atoms with Crippen LogP contribution in [0.3, 0.4) is 0 Å². The van der Waals surface area contributed by atoms with Crippen LogP contribution < -0.4 is 11.3 Å². The molecule has 0 aromatic carbocycles. The molecule has 0 amide bonds. The van der Waals surface area contributed by atoms with Gasteiger partial charge in [-0.25, -0.2) is 9.59 Å². The molecule has 0 aliphatic rings. The number of allylic oxidation sites excluding steroid dienone is 3. The minimum Gasteiger partial charge on any atom is -0.507 e. The summed E-state index contributed by atoms with van der Waals surface area (Å²) in [6.45, 7) is 11.3. The number of hydrogen-bond acceptors (Lipinski definition) is 16. The molecule has 73 heavy (non-hydrogen) atoms. The lowest BCUT2D eigenvalue weighted by atomic mass is 9.99. The highest BCUT2D eigenvalue weighted by Crippen LogP contribution is 2.28. The van der Waals surface area contributed by atoms with E-state index >= 15 is 0 Å². The van der Waals surface area contributed by atoms with Crippen LogP contribution in [0, 0.1) is 0 Å². The average Bonchev–Trinajstić information content (AvgIpc) is 4.05. The number of carbonyl (C=O) groups excluding carboxylic acids is 5. The number of carbonyl (C=O) groups is 5. The van der Waals surface area contributed by atoms with E-state index in [1.807, 2.05) is 38.1 Å². The van der Waals surface area contributed by atoms with Crippen LogP contribution in [0.15, 0.2) is 93.9 Å². The lowest BCUT2D eigenvalue weighted by Gasteiger charge is -2.11. The largest absolute Gasteiger partial charge is 0.507 e. The molecule has 4 rings (SSSR count). The van der Waals surface area contributed by atoms with Gasteiger partial charge in [0.1, 0.15) is 39.9 Å². The molecule has 3 N–H and O–H groups in total. The Labute approximate surface area is 429 Å². The number of rotatable bonds is 28. The summed E-state index contributed by atoms with van der Waals surface area (Å²) in [5.74, 6) is -1.10. The summed E-state index contributed by atoms with van der Waals surface area (Å²) in [6.07, 6.45) is 27.5. The van der Waals surface area contributed by atoms with Crippen molar-refractivity contribution >= 4 is 35.9 Å². The van der Waals surface area contributed by atoms with Gasteiger partial charge >= 0.3 is 23.2 Å². The van der Waals surface area contributed by atoms with Crippen molar-refractivity contribution in [2.24, 2.45) is 0 Å². The second-order valence-corrected chi connectivity index (χ2v) is 17.2. The average molecular weight is 1020 g/mol. The van der Waals surface area contributed by atoms with Crippen LogP contribution in [-0.2, 0) is 31.9 Å². The summed E-state index contributed by atoms with van der Waals surface area (Å²) in [5, 5.41) is 27.3. The fourth-order valence-electron chi connectivity index (χ4n) is 7.04. The monoisotopic (exact) mass is 1020 g/mol. The third kappa shape index (κ3) is 24.4. The van der Waals surface area contributed by atoms with Gasteiger partial charge in [-0.15, -0.1) is 0 Å². The number of furan rings is 2. The van der Waals surface area contributed by atoms with Crippen molar-refractivity contribution in [2.45, 2.75) is 163 Å². The number of aromatic hydroxyl groups is 2. The van der Waals surface area contributed by atoms with Crippen molar-refractivity contribution in [1.82, 2.24) is 0 Å². The Morgan fingerprint density at radius 1 is 0.630 bits per heavy atom. The zero-order valence-corrected chi connectivity index (χ0v) is 44.3. The molecule has 0 saturated carbocycles. The summed E-state index contributed by atoms with van der Waals surface area (Å²) in [7, 11) is 3.67. The number of Topliss-reactive ketones (excluding diaryl/α,β-unsaturated/α-hetero) is 2. The van der Waals surface area contributed by atoms with Gasteiger partial charge in [-0.2, -0.15) is 0 Å². The molecular weight excluding hydrogens is 941 g/mol. The van der Waals surface area contributed by atoms with Gasteiger partial charge in [0.2, 0.25) is 0 Å². The zero-order chi connectivity index (χ0) is 54.7. The van der Waals surface area contributed by atoms with Gasteiger partial charge < -0.3 is 42.5 Å². The Bertz CT molecular complexity index is 2490. The molecule has 2 atom stereocenters. The maximum absolute atomic E-state index is 12.9. The summed E-state index contributed by atoms with van der Waals surface area (Å²) >= 11 is 0. The highest BCUT2D eigenvalue weighted by molar-refractivity contribution is 6.12. The number of aliphatic hydroxyl groups excluding tert-OH is 1. The normalized spacial score (nSPS) is 11.9. The zero-order valence-electron chi connectivity index (χ0n) is 44.3. The van der Waals surface area contributed by atoms with Gasteiger partial charge in [-0.05, 0) is 87.6 Å².